The van der Waals surface area contributed by atoms with E-state index in [0.717, 1.165) is 17.7 Å². The number of nitrogens with one attached hydrogen (secondary N) is 1. The summed E-state index contributed by atoms with van der Waals surface area (Å²) >= 11 is 0. The van der Waals surface area contributed by atoms with Gasteiger partial charge in [-0.3, -0.25) is 4.79 Å². The van der Waals surface area contributed by atoms with Crippen molar-refractivity contribution in [3.63, 3.8) is 0 Å². The highest BCUT2D eigenvalue weighted by Gasteiger charge is 2.14. The van der Waals surface area contributed by atoms with Gasteiger partial charge in [0.15, 0.2) is 11.5 Å². The summed E-state index contributed by atoms with van der Waals surface area (Å²) in [5.41, 5.74) is 1.41. The first-order valence-corrected chi connectivity index (χ1v) is 8.42. The average molecular weight is 359 g/mol. The topological polar surface area (TPSA) is 66.0 Å². The van der Waals surface area contributed by atoms with Gasteiger partial charge < -0.3 is 24.3 Å². The Kier molecular flexibility index (Phi) is 7.14. The largest absolute Gasteiger partial charge is 0.494 e. The van der Waals surface area contributed by atoms with Crippen molar-refractivity contribution in [3.8, 4) is 23.0 Å². The Morgan fingerprint density at radius 1 is 0.962 bits per heavy atom. The van der Waals surface area contributed by atoms with Gasteiger partial charge >= 0.3 is 0 Å². The summed E-state index contributed by atoms with van der Waals surface area (Å²) < 4.78 is 21.5. The van der Waals surface area contributed by atoms with Crippen molar-refractivity contribution >= 4 is 5.91 Å². The molecule has 2 aromatic carbocycles. The molecule has 0 atom stereocenters. The summed E-state index contributed by atoms with van der Waals surface area (Å²) in [4.78, 5) is 12.3. The Morgan fingerprint density at radius 2 is 1.58 bits per heavy atom. The molecule has 0 spiro atoms. The maximum Gasteiger partial charge on any atom is 0.251 e. The number of ether oxygens (including phenoxy) is 4. The summed E-state index contributed by atoms with van der Waals surface area (Å²) in [6.07, 6.45) is 0.941. The number of rotatable bonds is 9. The maximum atomic E-state index is 12.3. The van der Waals surface area contributed by atoms with E-state index in [2.05, 4.69) is 5.32 Å². The minimum Gasteiger partial charge on any atom is -0.494 e. The van der Waals surface area contributed by atoms with E-state index in [1.165, 1.54) is 0 Å². The molecule has 0 saturated carbocycles. The molecule has 1 amide bonds. The number of carbonyl (C=O) groups is 1. The summed E-state index contributed by atoms with van der Waals surface area (Å²) in [7, 11) is 4.67. The Hall–Kier alpha value is -2.89. The molecule has 0 aliphatic heterocycles. The summed E-state index contributed by atoms with van der Waals surface area (Å²) in [5, 5.41) is 2.89. The van der Waals surface area contributed by atoms with Crippen LogP contribution in [0.5, 0.6) is 23.0 Å². The molecule has 1 N–H and O–H groups in total. The average Bonchev–Trinajstić information content (AvgIpc) is 2.69. The lowest BCUT2D eigenvalue weighted by atomic mass is 10.1. The van der Waals surface area contributed by atoms with Gasteiger partial charge in [0.25, 0.3) is 5.91 Å². The second-order valence-electron chi connectivity index (χ2n) is 5.59. The number of methoxy groups -OCH3 is 3. The minimum atomic E-state index is -0.166. The van der Waals surface area contributed by atoms with Crippen LogP contribution in [-0.2, 0) is 6.54 Å². The van der Waals surface area contributed by atoms with E-state index in [4.69, 9.17) is 18.9 Å². The maximum absolute atomic E-state index is 12.3. The van der Waals surface area contributed by atoms with E-state index in [1.54, 1.807) is 45.6 Å². The fraction of sp³-hybridized carbons (Fsp3) is 0.350. The molecule has 0 aromatic heterocycles. The smallest absolute Gasteiger partial charge is 0.251 e. The van der Waals surface area contributed by atoms with Crippen LogP contribution in [0.4, 0.5) is 0 Å². The number of carbonyl (C=O) groups excluding carboxylic acids is 1. The van der Waals surface area contributed by atoms with Crippen LogP contribution in [0.1, 0.15) is 29.3 Å². The number of hydrogen-bond donors (Lipinski definition) is 1. The molecule has 0 unspecified atom stereocenters. The Balaban J connectivity index is 2.04. The SMILES string of the molecule is CCCOc1ccc(C(=O)NCc2cc(OC)c(OC)c(OC)c2)cc1. The normalized spacial score (nSPS) is 10.2. The predicted octanol–water partition coefficient (Wildman–Crippen LogP) is 3.43. The molecule has 0 aliphatic rings. The first-order chi connectivity index (χ1) is 12.6. The fourth-order valence-corrected chi connectivity index (χ4v) is 2.44. The molecule has 0 bridgehead atoms. The number of amides is 1. The third-order valence-corrected chi connectivity index (χ3v) is 3.77. The molecule has 26 heavy (non-hydrogen) atoms. The second kappa shape index (κ2) is 9.56. The lowest BCUT2D eigenvalue weighted by Gasteiger charge is -2.14. The van der Waals surface area contributed by atoms with Crippen molar-refractivity contribution in [2.45, 2.75) is 19.9 Å². The second-order valence-corrected chi connectivity index (χ2v) is 5.59. The van der Waals surface area contributed by atoms with E-state index in [9.17, 15) is 4.79 Å². The zero-order valence-corrected chi connectivity index (χ0v) is 15.6. The molecular weight excluding hydrogens is 334 g/mol. The van der Waals surface area contributed by atoms with Gasteiger partial charge in [0, 0.05) is 12.1 Å². The van der Waals surface area contributed by atoms with Gasteiger partial charge in [0.1, 0.15) is 5.75 Å². The van der Waals surface area contributed by atoms with E-state index < -0.39 is 0 Å². The summed E-state index contributed by atoms with van der Waals surface area (Å²) in [6.45, 7) is 3.04. The lowest BCUT2D eigenvalue weighted by molar-refractivity contribution is 0.0950. The molecule has 140 valence electrons. The van der Waals surface area contributed by atoms with Crippen molar-refractivity contribution in [3.05, 3.63) is 47.5 Å². The molecular formula is C20H25NO5. The first kappa shape index (κ1) is 19.4. The van der Waals surface area contributed by atoms with E-state index in [0.29, 0.717) is 36.0 Å². The van der Waals surface area contributed by atoms with Crippen LogP contribution in [-0.4, -0.2) is 33.8 Å². The quantitative estimate of drug-likeness (QED) is 0.743. The third-order valence-electron chi connectivity index (χ3n) is 3.77. The van der Waals surface area contributed by atoms with Crippen LogP contribution in [0.3, 0.4) is 0 Å². The number of benzene rings is 2. The van der Waals surface area contributed by atoms with E-state index in [1.807, 2.05) is 19.1 Å². The molecule has 0 saturated heterocycles. The van der Waals surface area contributed by atoms with Crippen molar-refractivity contribution < 1.29 is 23.7 Å². The highest BCUT2D eigenvalue weighted by atomic mass is 16.5. The van der Waals surface area contributed by atoms with Crippen LogP contribution in [0, 0.1) is 0 Å². The van der Waals surface area contributed by atoms with Crippen LogP contribution < -0.4 is 24.3 Å². The van der Waals surface area contributed by atoms with Gasteiger partial charge in [-0.05, 0) is 48.4 Å². The van der Waals surface area contributed by atoms with E-state index >= 15 is 0 Å². The van der Waals surface area contributed by atoms with Crippen molar-refractivity contribution in [2.24, 2.45) is 0 Å². The van der Waals surface area contributed by atoms with Crippen molar-refractivity contribution in [1.29, 1.82) is 0 Å². The standard InChI is InChI=1S/C20H25NO5/c1-5-10-26-16-8-6-15(7-9-16)20(22)21-13-14-11-17(23-2)19(25-4)18(12-14)24-3/h6-9,11-12H,5,10,13H2,1-4H3,(H,21,22). The molecule has 0 aliphatic carbocycles. The molecule has 0 radical (unpaired) electrons. The molecule has 6 heteroatoms. The Labute approximate surface area is 154 Å². The molecule has 0 heterocycles. The Morgan fingerprint density at radius 3 is 2.08 bits per heavy atom. The van der Waals surface area contributed by atoms with Gasteiger partial charge in [-0.2, -0.15) is 0 Å². The van der Waals surface area contributed by atoms with E-state index in [-0.39, 0.29) is 5.91 Å². The van der Waals surface area contributed by atoms with Crippen LogP contribution in [0.15, 0.2) is 36.4 Å². The van der Waals surface area contributed by atoms with Gasteiger partial charge in [-0.15, -0.1) is 0 Å². The summed E-state index contributed by atoms with van der Waals surface area (Å²) in [5.74, 6) is 2.21. The minimum absolute atomic E-state index is 0.166. The van der Waals surface area contributed by atoms with Crippen molar-refractivity contribution in [1.82, 2.24) is 5.32 Å². The lowest BCUT2D eigenvalue weighted by Crippen LogP contribution is -2.22. The molecule has 2 rings (SSSR count). The van der Waals surface area contributed by atoms with Crippen LogP contribution in [0.2, 0.25) is 0 Å². The zero-order chi connectivity index (χ0) is 18.9. The van der Waals surface area contributed by atoms with Gasteiger partial charge in [0.05, 0.1) is 27.9 Å². The fourth-order valence-electron chi connectivity index (χ4n) is 2.44. The highest BCUT2D eigenvalue weighted by molar-refractivity contribution is 5.94. The zero-order valence-electron chi connectivity index (χ0n) is 15.6. The van der Waals surface area contributed by atoms with Gasteiger partial charge in [0.2, 0.25) is 5.75 Å². The van der Waals surface area contributed by atoms with Crippen LogP contribution >= 0.6 is 0 Å². The van der Waals surface area contributed by atoms with Crippen LogP contribution in [0.25, 0.3) is 0 Å². The third kappa shape index (κ3) is 4.81. The Bertz CT molecular complexity index is 702. The summed E-state index contributed by atoms with van der Waals surface area (Å²) in [6, 6.07) is 10.7. The highest BCUT2D eigenvalue weighted by Crippen LogP contribution is 2.38. The molecule has 6 nitrogen and oxygen atoms in total. The molecule has 2 aromatic rings. The predicted molar refractivity (Wildman–Crippen MR) is 99.5 cm³/mol. The van der Waals surface area contributed by atoms with Crippen molar-refractivity contribution in [2.75, 3.05) is 27.9 Å². The number of hydrogen-bond acceptors (Lipinski definition) is 5. The van der Waals surface area contributed by atoms with Gasteiger partial charge in [-0.1, -0.05) is 6.92 Å². The first-order valence-electron chi connectivity index (χ1n) is 8.42. The van der Waals surface area contributed by atoms with Gasteiger partial charge in [-0.25, -0.2) is 0 Å². The monoisotopic (exact) mass is 359 g/mol. The molecule has 0 fully saturated rings.